The van der Waals surface area contributed by atoms with Gasteiger partial charge in [-0.3, -0.25) is 0 Å². The third-order valence-corrected chi connectivity index (χ3v) is 2.23. The average molecular weight is 256 g/mol. The minimum Gasteiger partial charge on any atom is -0.497 e. The standard InChI is InChI=1S/C14H12N2O3/c1-10(8-15)19-14(17)12(9-16)7-11-3-5-13(18-2)6-4-11/h3-7,10H,1-2H3/b12-7+/t10-/m1/s1. The molecule has 0 aliphatic heterocycles. The van der Waals surface area contributed by atoms with Gasteiger partial charge in [-0.25, -0.2) is 4.79 Å². The van der Waals surface area contributed by atoms with Gasteiger partial charge in [0.05, 0.1) is 7.11 Å². The molecule has 0 bridgehead atoms. The molecule has 0 aliphatic carbocycles. The number of benzene rings is 1. The molecule has 0 heterocycles. The number of hydrogen-bond acceptors (Lipinski definition) is 5. The summed E-state index contributed by atoms with van der Waals surface area (Å²) in [6.07, 6.45) is 0.506. The lowest BCUT2D eigenvalue weighted by atomic mass is 10.1. The fourth-order valence-corrected chi connectivity index (χ4v) is 1.25. The maximum absolute atomic E-state index is 11.6. The normalized spacial score (nSPS) is 11.9. The van der Waals surface area contributed by atoms with Gasteiger partial charge in [0.2, 0.25) is 0 Å². The van der Waals surface area contributed by atoms with E-state index < -0.39 is 12.1 Å². The van der Waals surface area contributed by atoms with Crippen molar-refractivity contribution in [3.05, 3.63) is 35.4 Å². The molecule has 0 fully saturated rings. The van der Waals surface area contributed by atoms with Gasteiger partial charge in [-0.05, 0) is 30.7 Å². The fourth-order valence-electron chi connectivity index (χ4n) is 1.25. The molecule has 0 aromatic heterocycles. The van der Waals surface area contributed by atoms with Gasteiger partial charge >= 0.3 is 5.97 Å². The smallest absolute Gasteiger partial charge is 0.350 e. The lowest BCUT2D eigenvalue weighted by Gasteiger charge is -2.04. The van der Waals surface area contributed by atoms with Crippen LogP contribution in [0.1, 0.15) is 12.5 Å². The van der Waals surface area contributed by atoms with E-state index in [-0.39, 0.29) is 5.57 Å². The van der Waals surface area contributed by atoms with Crippen LogP contribution >= 0.6 is 0 Å². The molecule has 0 saturated heterocycles. The second-order valence-electron chi connectivity index (χ2n) is 3.62. The first-order valence-electron chi connectivity index (χ1n) is 5.47. The summed E-state index contributed by atoms with van der Waals surface area (Å²) in [7, 11) is 1.55. The number of rotatable bonds is 4. The molecule has 0 saturated carbocycles. The fraction of sp³-hybridized carbons (Fsp3) is 0.214. The van der Waals surface area contributed by atoms with Gasteiger partial charge in [-0.1, -0.05) is 12.1 Å². The minimum atomic E-state index is -0.889. The zero-order valence-electron chi connectivity index (χ0n) is 10.6. The summed E-state index contributed by atoms with van der Waals surface area (Å²) in [4.78, 5) is 11.6. The summed E-state index contributed by atoms with van der Waals surface area (Å²) in [5, 5.41) is 17.5. The number of nitrogens with zero attached hydrogens (tertiary/aromatic N) is 2. The van der Waals surface area contributed by atoms with Crippen LogP contribution in [0.4, 0.5) is 0 Å². The number of methoxy groups -OCH3 is 1. The highest BCUT2D eigenvalue weighted by atomic mass is 16.5. The van der Waals surface area contributed by atoms with Gasteiger partial charge in [0.15, 0.2) is 6.10 Å². The first-order valence-corrected chi connectivity index (χ1v) is 5.47. The van der Waals surface area contributed by atoms with Crippen molar-refractivity contribution in [2.45, 2.75) is 13.0 Å². The van der Waals surface area contributed by atoms with Gasteiger partial charge in [-0.2, -0.15) is 10.5 Å². The quantitative estimate of drug-likeness (QED) is 0.467. The molecule has 1 atom stereocenters. The summed E-state index contributed by atoms with van der Waals surface area (Å²) in [6.45, 7) is 1.43. The number of nitriles is 2. The largest absolute Gasteiger partial charge is 0.497 e. The van der Waals surface area contributed by atoms with E-state index in [2.05, 4.69) is 0 Å². The predicted molar refractivity (Wildman–Crippen MR) is 67.8 cm³/mol. The summed E-state index contributed by atoms with van der Waals surface area (Å²) in [5.74, 6) is -0.135. The van der Waals surface area contributed by atoms with Crippen molar-refractivity contribution in [2.75, 3.05) is 7.11 Å². The highest BCUT2D eigenvalue weighted by Gasteiger charge is 2.14. The Hall–Kier alpha value is -2.79. The Kier molecular flexibility index (Phi) is 5.13. The van der Waals surface area contributed by atoms with Crippen molar-refractivity contribution < 1.29 is 14.3 Å². The second kappa shape index (κ2) is 6.83. The van der Waals surface area contributed by atoms with E-state index in [1.165, 1.54) is 13.0 Å². The summed E-state index contributed by atoms with van der Waals surface area (Å²) in [6, 6.07) is 10.3. The number of hydrogen-bond donors (Lipinski definition) is 0. The first-order chi connectivity index (χ1) is 9.10. The summed E-state index contributed by atoms with van der Waals surface area (Å²) in [5.41, 5.74) is 0.506. The lowest BCUT2D eigenvalue weighted by molar-refractivity contribution is -0.140. The molecule has 0 radical (unpaired) electrons. The van der Waals surface area contributed by atoms with Crippen LogP contribution in [-0.2, 0) is 9.53 Å². The van der Waals surface area contributed by atoms with Crippen molar-refractivity contribution in [1.29, 1.82) is 10.5 Å². The zero-order valence-corrected chi connectivity index (χ0v) is 10.6. The summed E-state index contributed by atoms with van der Waals surface area (Å²) >= 11 is 0. The van der Waals surface area contributed by atoms with Crippen molar-refractivity contribution in [1.82, 2.24) is 0 Å². The Labute approximate surface area is 111 Å². The average Bonchev–Trinajstić information content (AvgIpc) is 2.44. The first kappa shape index (κ1) is 14.3. The second-order valence-corrected chi connectivity index (χ2v) is 3.62. The number of carbonyl (C=O) groups is 1. The monoisotopic (exact) mass is 256 g/mol. The molecule has 0 unspecified atom stereocenters. The summed E-state index contributed by atoms with van der Waals surface area (Å²) < 4.78 is 9.76. The van der Waals surface area contributed by atoms with Crippen LogP contribution < -0.4 is 4.74 Å². The highest BCUT2D eigenvalue weighted by Crippen LogP contribution is 2.14. The van der Waals surface area contributed by atoms with E-state index in [1.54, 1.807) is 43.5 Å². The van der Waals surface area contributed by atoms with Crippen LogP contribution in [0.3, 0.4) is 0 Å². The van der Waals surface area contributed by atoms with Gasteiger partial charge in [0.25, 0.3) is 0 Å². The number of esters is 1. The zero-order chi connectivity index (χ0) is 14.3. The Bertz CT molecular complexity index is 562. The van der Waals surface area contributed by atoms with Gasteiger partial charge in [0, 0.05) is 0 Å². The molecule has 1 aromatic rings. The van der Waals surface area contributed by atoms with E-state index >= 15 is 0 Å². The van der Waals surface area contributed by atoms with Crippen LogP contribution in [0.5, 0.6) is 5.75 Å². The lowest BCUT2D eigenvalue weighted by Crippen LogP contribution is -2.14. The van der Waals surface area contributed by atoms with E-state index in [0.717, 1.165) is 0 Å². The maximum Gasteiger partial charge on any atom is 0.350 e. The molecule has 0 spiro atoms. The Balaban J connectivity index is 2.90. The van der Waals surface area contributed by atoms with Gasteiger partial charge in [0.1, 0.15) is 23.5 Å². The third kappa shape index (κ3) is 4.18. The van der Waals surface area contributed by atoms with Crippen molar-refractivity contribution in [2.24, 2.45) is 0 Å². The third-order valence-electron chi connectivity index (χ3n) is 2.23. The molecule has 0 N–H and O–H groups in total. The van der Waals surface area contributed by atoms with Crippen molar-refractivity contribution in [3.8, 4) is 17.9 Å². The van der Waals surface area contributed by atoms with E-state index in [1.807, 2.05) is 0 Å². The molecule has 96 valence electrons. The Morgan fingerprint density at radius 2 is 1.95 bits per heavy atom. The topological polar surface area (TPSA) is 83.1 Å². The molecule has 1 aromatic carbocycles. The molecule has 0 aliphatic rings. The van der Waals surface area contributed by atoms with Gasteiger partial charge in [-0.15, -0.1) is 0 Å². The van der Waals surface area contributed by atoms with Crippen molar-refractivity contribution >= 4 is 12.0 Å². The highest BCUT2D eigenvalue weighted by molar-refractivity contribution is 5.98. The number of ether oxygens (including phenoxy) is 2. The maximum atomic E-state index is 11.6. The van der Waals surface area contributed by atoms with Crippen LogP contribution in [0, 0.1) is 22.7 Å². The minimum absolute atomic E-state index is 0.160. The van der Waals surface area contributed by atoms with E-state index in [0.29, 0.717) is 11.3 Å². The van der Waals surface area contributed by atoms with E-state index in [9.17, 15) is 4.79 Å². The molecule has 1 rings (SSSR count). The Morgan fingerprint density at radius 3 is 2.42 bits per heavy atom. The van der Waals surface area contributed by atoms with Crippen LogP contribution in [0.2, 0.25) is 0 Å². The molecule has 5 nitrogen and oxygen atoms in total. The molecule has 19 heavy (non-hydrogen) atoms. The predicted octanol–water partition coefficient (Wildman–Crippen LogP) is 2.06. The van der Waals surface area contributed by atoms with Crippen LogP contribution in [0.25, 0.3) is 6.08 Å². The molecule has 0 amide bonds. The SMILES string of the molecule is COc1ccc(/C=C(\C#N)C(=O)O[C@H](C)C#N)cc1. The van der Waals surface area contributed by atoms with Crippen molar-refractivity contribution in [3.63, 3.8) is 0 Å². The molecule has 5 heteroatoms. The van der Waals surface area contributed by atoms with Crippen LogP contribution in [-0.4, -0.2) is 19.2 Å². The molecular weight excluding hydrogens is 244 g/mol. The Morgan fingerprint density at radius 1 is 1.32 bits per heavy atom. The van der Waals surface area contributed by atoms with Crippen LogP contribution in [0.15, 0.2) is 29.8 Å². The van der Waals surface area contributed by atoms with E-state index in [4.69, 9.17) is 20.0 Å². The van der Waals surface area contributed by atoms with Gasteiger partial charge < -0.3 is 9.47 Å². The number of carbonyl (C=O) groups excluding carboxylic acids is 1. The molecular formula is C14H12N2O3.